The van der Waals surface area contributed by atoms with E-state index >= 15 is 0 Å². The van der Waals surface area contributed by atoms with Crippen LogP contribution in [0.1, 0.15) is 16.7 Å². The third-order valence-electron chi connectivity index (χ3n) is 5.73. The van der Waals surface area contributed by atoms with Crippen LogP contribution in [0.5, 0.6) is 17.2 Å². The molecule has 8 nitrogen and oxygen atoms in total. The minimum absolute atomic E-state index is 0.0325. The van der Waals surface area contributed by atoms with Gasteiger partial charge >= 0.3 is 10.1 Å². The van der Waals surface area contributed by atoms with Crippen molar-refractivity contribution in [2.24, 2.45) is 5.10 Å². The van der Waals surface area contributed by atoms with Gasteiger partial charge in [-0.1, -0.05) is 60.7 Å². The highest BCUT2D eigenvalue weighted by Gasteiger charge is 2.21. The summed E-state index contributed by atoms with van der Waals surface area (Å²) < 4.78 is 42.2. The molecule has 200 valence electrons. The summed E-state index contributed by atoms with van der Waals surface area (Å²) in [5.74, 6) is 0.365. The van der Waals surface area contributed by atoms with Crippen molar-refractivity contribution < 1.29 is 26.9 Å². The van der Waals surface area contributed by atoms with Crippen molar-refractivity contribution in [2.45, 2.75) is 18.7 Å². The van der Waals surface area contributed by atoms with Crippen molar-refractivity contribution in [3.8, 4) is 28.4 Å². The maximum atomic E-state index is 12.9. The average Bonchev–Trinajstić information content (AvgIpc) is 2.94. The number of rotatable bonds is 10. The number of nitrogens with one attached hydrogen (secondary N) is 1. The standard InChI is InChI=1S/C30H28N2O6S/c1-21-13-14-22(2)29(17-21)39(34,35)38-27-16-15-23(18-28(27)36-3)19-31-32-30(33)20-37-26-12-8-7-11-25(26)24-9-5-4-6-10-24/h4-19H,20H2,1-3H3,(H,32,33)/b31-19-. The van der Waals surface area contributed by atoms with E-state index in [1.807, 2.05) is 61.5 Å². The molecule has 0 spiro atoms. The second-order valence-electron chi connectivity index (χ2n) is 8.66. The van der Waals surface area contributed by atoms with Crippen LogP contribution in [-0.4, -0.2) is 34.3 Å². The van der Waals surface area contributed by atoms with Gasteiger partial charge in [0.2, 0.25) is 0 Å². The number of benzene rings is 4. The smallest absolute Gasteiger partial charge is 0.339 e. The van der Waals surface area contributed by atoms with E-state index in [1.165, 1.54) is 19.4 Å². The van der Waals surface area contributed by atoms with Crippen molar-refractivity contribution in [1.82, 2.24) is 5.43 Å². The van der Waals surface area contributed by atoms with Crippen LogP contribution in [0.15, 0.2) is 101 Å². The number of ether oxygens (including phenoxy) is 2. The molecule has 0 aliphatic heterocycles. The highest BCUT2D eigenvalue weighted by atomic mass is 32.2. The predicted molar refractivity (Wildman–Crippen MR) is 150 cm³/mol. The maximum Gasteiger partial charge on any atom is 0.339 e. The molecule has 0 unspecified atom stereocenters. The molecule has 0 radical (unpaired) electrons. The summed E-state index contributed by atoms with van der Waals surface area (Å²) in [7, 11) is -2.67. The molecule has 1 amide bonds. The Morgan fingerprint density at radius 1 is 0.872 bits per heavy atom. The molecule has 0 bridgehead atoms. The molecule has 0 fully saturated rings. The van der Waals surface area contributed by atoms with Gasteiger partial charge < -0.3 is 13.7 Å². The molecule has 0 atom stereocenters. The highest BCUT2D eigenvalue weighted by Crippen LogP contribution is 2.32. The van der Waals surface area contributed by atoms with Crippen LogP contribution in [0.2, 0.25) is 0 Å². The van der Waals surface area contributed by atoms with Gasteiger partial charge in [-0.2, -0.15) is 13.5 Å². The highest BCUT2D eigenvalue weighted by molar-refractivity contribution is 7.87. The van der Waals surface area contributed by atoms with Crippen LogP contribution >= 0.6 is 0 Å². The second kappa shape index (κ2) is 12.3. The minimum atomic E-state index is -4.07. The number of hydrogen-bond donors (Lipinski definition) is 1. The van der Waals surface area contributed by atoms with Gasteiger partial charge in [0.25, 0.3) is 5.91 Å². The predicted octanol–water partition coefficient (Wildman–Crippen LogP) is 5.28. The molecule has 4 aromatic rings. The van der Waals surface area contributed by atoms with E-state index < -0.39 is 16.0 Å². The van der Waals surface area contributed by atoms with Crippen molar-refractivity contribution in [3.05, 3.63) is 108 Å². The first kappa shape index (κ1) is 27.4. The molecule has 0 saturated heterocycles. The van der Waals surface area contributed by atoms with Crippen LogP contribution < -0.4 is 19.1 Å². The monoisotopic (exact) mass is 544 g/mol. The molecule has 39 heavy (non-hydrogen) atoms. The Morgan fingerprint density at radius 2 is 1.62 bits per heavy atom. The number of hydrogen-bond acceptors (Lipinski definition) is 7. The van der Waals surface area contributed by atoms with Gasteiger partial charge in [-0.15, -0.1) is 0 Å². The van der Waals surface area contributed by atoms with Gasteiger partial charge in [0.15, 0.2) is 18.1 Å². The van der Waals surface area contributed by atoms with Crippen LogP contribution in [0.4, 0.5) is 0 Å². The van der Waals surface area contributed by atoms with Gasteiger partial charge in [0.05, 0.1) is 13.3 Å². The van der Waals surface area contributed by atoms with Crippen LogP contribution in [-0.2, 0) is 14.9 Å². The van der Waals surface area contributed by atoms with Crippen molar-refractivity contribution in [3.63, 3.8) is 0 Å². The Morgan fingerprint density at radius 3 is 2.38 bits per heavy atom. The number of aryl methyl sites for hydroxylation is 2. The summed E-state index contributed by atoms with van der Waals surface area (Å²) >= 11 is 0. The zero-order valence-corrected chi connectivity index (χ0v) is 22.6. The third kappa shape index (κ3) is 7.03. The SMILES string of the molecule is COc1cc(/C=N\NC(=O)COc2ccccc2-c2ccccc2)ccc1OS(=O)(=O)c1cc(C)ccc1C. The molecule has 4 aromatic carbocycles. The fourth-order valence-electron chi connectivity index (χ4n) is 3.78. The average molecular weight is 545 g/mol. The quantitative estimate of drug-likeness (QED) is 0.166. The zero-order chi connectivity index (χ0) is 27.8. The van der Waals surface area contributed by atoms with Crippen LogP contribution in [0.25, 0.3) is 11.1 Å². The van der Waals surface area contributed by atoms with Crippen molar-refractivity contribution >= 4 is 22.2 Å². The summed E-state index contributed by atoms with van der Waals surface area (Å²) in [6.45, 7) is 3.28. The number of para-hydroxylation sites is 1. The fraction of sp³-hybridized carbons (Fsp3) is 0.133. The number of hydrazone groups is 1. The number of carbonyl (C=O) groups excluding carboxylic acids is 1. The fourth-order valence-corrected chi connectivity index (χ4v) is 5.03. The van der Waals surface area contributed by atoms with E-state index in [0.29, 0.717) is 16.9 Å². The Bertz CT molecular complexity index is 1600. The molecule has 0 saturated carbocycles. The Hall–Kier alpha value is -4.63. The Kier molecular flexibility index (Phi) is 8.63. The lowest BCUT2D eigenvalue weighted by Gasteiger charge is -2.13. The van der Waals surface area contributed by atoms with Gasteiger partial charge in [-0.25, -0.2) is 5.43 Å². The Balaban J connectivity index is 1.38. The molecular formula is C30H28N2O6S. The van der Waals surface area contributed by atoms with Crippen molar-refractivity contribution in [1.29, 1.82) is 0 Å². The molecule has 9 heteroatoms. The molecule has 4 rings (SSSR count). The number of amides is 1. The second-order valence-corrected chi connectivity index (χ2v) is 10.2. The zero-order valence-electron chi connectivity index (χ0n) is 21.7. The maximum absolute atomic E-state index is 12.9. The van der Waals surface area contributed by atoms with Crippen LogP contribution in [0.3, 0.4) is 0 Å². The van der Waals surface area contributed by atoms with E-state index in [0.717, 1.165) is 16.7 Å². The Labute approximate surface area is 228 Å². The lowest BCUT2D eigenvalue weighted by Crippen LogP contribution is -2.24. The number of carbonyl (C=O) groups is 1. The summed E-state index contributed by atoms with van der Waals surface area (Å²) in [5.41, 5.74) is 6.21. The van der Waals surface area contributed by atoms with Gasteiger partial charge in [0.1, 0.15) is 10.6 Å². The normalized spacial score (nSPS) is 11.3. The third-order valence-corrected chi connectivity index (χ3v) is 7.11. The molecule has 0 aliphatic rings. The van der Waals surface area contributed by atoms with Crippen molar-refractivity contribution in [2.75, 3.05) is 13.7 Å². The van der Waals surface area contributed by atoms with Gasteiger partial charge in [0, 0.05) is 5.56 Å². The first-order valence-electron chi connectivity index (χ1n) is 12.1. The first-order chi connectivity index (χ1) is 18.8. The van der Waals surface area contributed by atoms with Crippen LogP contribution in [0, 0.1) is 13.8 Å². The molecule has 0 aliphatic carbocycles. The lowest BCUT2D eigenvalue weighted by atomic mass is 10.1. The molecular weight excluding hydrogens is 516 g/mol. The van der Waals surface area contributed by atoms with E-state index in [9.17, 15) is 13.2 Å². The van der Waals surface area contributed by atoms with E-state index in [4.69, 9.17) is 13.7 Å². The lowest BCUT2D eigenvalue weighted by molar-refractivity contribution is -0.123. The summed E-state index contributed by atoms with van der Waals surface area (Å²) in [6, 6.07) is 26.9. The summed E-state index contributed by atoms with van der Waals surface area (Å²) in [6.07, 6.45) is 1.40. The topological polar surface area (TPSA) is 103 Å². The molecule has 0 heterocycles. The number of nitrogens with zero attached hydrogens (tertiary/aromatic N) is 1. The first-order valence-corrected chi connectivity index (χ1v) is 13.5. The number of methoxy groups -OCH3 is 1. The van der Waals surface area contributed by atoms with E-state index in [-0.39, 0.29) is 23.0 Å². The van der Waals surface area contributed by atoms with Gasteiger partial charge in [-0.3, -0.25) is 4.79 Å². The molecule has 0 aromatic heterocycles. The largest absolute Gasteiger partial charge is 0.493 e. The molecule has 1 N–H and O–H groups in total. The van der Waals surface area contributed by atoms with Gasteiger partial charge in [-0.05, 0) is 66.4 Å². The summed E-state index contributed by atoms with van der Waals surface area (Å²) in [5, 5.41) is 3.96. The summed E-state index contributed by atoms with van der Waals surface area (Å²) in [4.78, 5) is 12.4. The minimum Gasteiger partial charge on any atom is -0.493 e. The van der Waals surface area contributed by atoms with E-state index in [2.05, 4.69) is 10.5 Å². The van der Waals surface area contributed by atoms with E-state index in [1.54, 1.807) is 37.3 Å².